The molecule has 3 aromatic heterocycles. The van der Waals surface area contributed by atoms with Gasteiger partial charge in [-0.3, -0.25) is 4.98 Å². The van der Waals surface area contributed by atoms with Crippen molar-refractivity contribution < 1.29 is 25.8 Å². The maximum absolute atomic E-state index is 6.64. The monoisotopic (exact) mass is 971 g/mol. The number of para-hydroxylation sites is 3. The van der Waals surface area contributed by atoms with Gasteiger partial charge in [-0.15, -0.1) is 48.1 Å². The van der Waals surface area contributed by atoms with Crippen LogP contribution in [-0.2, 0) is 31.9 Å². The van der Waals surface area contributed by atoms with Crippen LogP contribution in [-0.4, -0.2) is 14.5 Å². The minimum absolute atomic E-state index is 0. The summed E-state index contributed by atoms with van der Waals surface area (Å²) in [4.78, 5) is 14.3. The molecule has 1 aliphatic carbocycles. The van der Waals surface area contributed by atoms with Crippen molar-refractivity contribution in [1.29, 1.82) is 0 Å². The van der Waals surface area contributed by atoms with Gasteiger partial charge in [0.15, 0.2) is 0 Å². The van der Waals surface area contributed by atoms with Crippen LogP contribution in [0.25, 0.3) is 50.0 Å². The Morgan fingerprint density at radius 3 is 2.20 bits per heavy atom. The molecule has 6 aromatic carbocycles. The van der Waals surface area contributed by atoms with Crippen LogP contribution >= 0.6 is 0 Å². The van der Waals surface area contributed by atoms with Crippen molar-refractivity contribution in [2.45, 2.75) is 45.4 Å². The van der Waals surface area contributed by atoms with Gasteiger partial charge in [-0.1, -0.05) is 113 Å². The molecule has 2 aliphatic rings. The summed E-state index contributed by atoms with van der Waals surface area (Å²) in [5.41, 5.74) is 14.2. The van der Waals surface area contributed by atoms with Crippen molar-refractivity contribution in [3.05, 3.63) is 193 Å². The van der Waals surface area contributed by atoms with Gasteiger partial charge in [0.25, 0.3) is 0 Å². The van der Waals surface area contributed by atoms with Crippen LogP contribution in [0.3, 0.4) is 0 Å². The molecule has 0 spiro atoms. The predicted octanol–water partition coefficient (Wildman–Crippen LogP) is 13.6. The van der Waals surface area contributed by atoms with E-state index in [1.807, 2.05) is 36.7 Å². The van der Waals surface area contributed by atoms with Crippen LogP contribution < -0.4 is 14.5 Å². The Hall–Kier alpha value is -6.49. The van der Waals surface area contributed by atoms with E-state index in [4.69, 9.17) is 14.7 Å². The maximum Gasteiger partial charge on any atom is 0.135 e. The fourth-order valence-corrected chi connectivity index (χ4v) is 9.17. The molecule has 11 rings (SSSR count). The van der Waals surface area contributed by atoms with Crippen molar-refractivity contribution >= 4 is 44.6 Å². The average Bonchev–Trinajstić information content (AvgIpc) is 3.89. The van der Waals surface area contributed by atoms with E-state index < -0.39 is 0 Å². The molecule has 0 saturated heterocycles. The molecule has 0 radical (unpaired) electrons. The summed E-state index contributed by atoms with van der Waals surface area (Å²) in [7, 11) is 0. The molecule has 0 bridgehead atoms. The number of hydrogen-bond donors (Lipinski definition) is 0. The number of anilines is 4. The van der Waals surface area contributed by atoms with Crippen molar-refractivity contribution in [1.82, 2.24) is 14.5 Å². The quantitative estimate of drug-likeness (QED) is 0.155. The normalized spacial score (nSPS) is 13.9. The third kappa shape index (κ3) is 6.27. The number of hydrogen-bond acceptors (Lipinski definition) is 5. The number of aromatic nitrogens is 3. The van der Waals surface area contributed by atoms with Gasteiger partial charge in [0, 0.05) is 84.1 Å². The number of rotatable bonds is 6. The summed E-state index contributed by atoms with van der Waals surface area (Å²) >= 11 is 0. The summed E-state index contributed by atoms with van der Waals surface area (Å²) in [6, 6.07) is 58.2. The van der Waals surface area contributed by atoms with Gasteiger partial charge < -0.3 is 19.1 Å². The first-order valence-electron chi connectivity index (χ1n) is 20.5. The third-order valence-electron chi connectivity index (χ3n) is 12.2. The zero-order chi connectivity index (χ0) is 40.8. The number of ether oxygens (including phenoxy) is 1. The van der Waals surface area contributed by atoms with Crippen LogP contribution in [0.5, 0.6) is 11.5 Å². The van der Waals surface area contributed by atoms with Crippen molar-refractivity contribution in [2.24, 2.45) is 0 Å². The third-order valence-corrected chi connectivity index (χ3v) is 12.2. The topological polar surface area (TPSA) is 46.4 Å². The average molecular weight is 972 g/mol. The largest absolute Gasteiger partial charge is 0.509 e. The molecule has 6 nitrogen and oxygen atoms in total. The second kappa shape index (κ2) is 14.6. The van der Waals surface area contributed by atoms with E-state index in [9.17, 15) is 0 Å². The molecule has 0 unspecified atom stereocenters. The molecule has 0 atom stereocenters. The van der Waals surface area contributed by atoms with Crippen LogP contribution in [0.2, 0.25) is 0 Å². The van der Waals surface area contributed by atoms with Gasteiger partial charge in [-0.2, -0.15) is 12.1 Å². The Morgan fingerprint density at radius 2 is 1.38 bits per heavy atom. The van der Waals surface area contributed by atoms with E-state index in [2.05, 4.69) is 189 Å². The second-order valence-corrected chi connectivity index (χ2v) is 17.2. The summed E-state index contributed by atoms with van der Waals surface area (Å²) in [5.74, 6) is 2.04. The number of benzene rings is 6. The summed E-state index contributed by atoms with van der Waals surface area (Å²) in [5, 5.41) is 2.23. The molecule has 0 N–H and O–H groups in total. The van der Waals surface area contributed by atoms with Crippen LogP contribution in [0.15, 0.2) is 158 Å². The van der Waals surface area contributed by atoms with Crippen molar-refractivity contribution in [3.63, 3.8) is 0 Å². The van der Waals surface area contributed by atoms with Gasteiger partial charge in [0.05, 0.1) is 5.69 Å². The van der Waals surface area contributed by atoms with E-state index in [0.29, 0.717) is 11.5 Å². The van der Waals surface area contributed by atoms with Gasteiger partial charge in [-0.25, -0.2) is 4.98 Å². The molecule has 7 heteroatoms. The Labute approximate surface area is 371 Å². The van der Waals surface area contributed by atoms with E-state index in [-0.39, 0.29) is 31.9 Å². The molecule has 1 aliphatic heterocycles. The second-order valence-electron chi connectivity index (χ2n) is 17.2. The van der Waals surface area contributed by atoms with Gasteiger partial charge in [0.2, 0.25) is 0 Å². The van der Waals surface area contributed by atoms with E-state index in [0.717, 1.165) is 61.6 Å². The van der Waals surface area contributed by atoms with Crippen LogP contribution in [0.4, 0.5) is 22.7 Å². The van der Waals surface area contributed by atoms with E-state index in [1.165, 1.54) is 27.8 Å². The minimum Gasteiger partial charge on any atom is -0.509 e. The Bertz CT molecular complexity index is 3150. The number of nitrogens with zero attached hydrogens (tertiary/aromatic N) is 5. The summed E-state index contributed by atoms with van der Waals surface area (Å²) < 4.78 is 8.83. The number of fused-ring (bicyclic) bond motifs is 7. The van der Waals surface area contributed by atoms with Gasteiger partial charge in [0.1, 0.15) is 5.82 Å². The first kappa shape index (κ1) is 38.7. The minimum atomic E-state index is -0.164. The zero-order valence-corrected chi connectivity index (χ0v) is 36.8. The smallest absolute Gasteiger partial charge is 0.135 e. The molecule has 0 fully saturated rings. The van der Waals surface area contributed by atoms with E-state index >= 15 is 0 Å². The molecule has 302 valence electrons. The van der Waals surface area contributed by atoms with E-state index in [1.54, 1.807) is 0 Å². The zero-order valence-electron chi connectivity index (χ0n) is 34.5. The number of pyridine rings is 2. The first-order chi connectivity index (χ1) is 29.1. The Morgan fingerprint density at radius 1 is 0.623 bits per heavy atom. The Balaban J connectivity index is 0.00000445. The molecular weight excluding hydrogens is 930 g/mol. The van der Waals surface area contributed by atoms with Gasteiger partial charge in [-0.05, 0) is 75.5 Å². The van der Waals surface area contributed by atoms with Crippen LogP contribution in [0.1, 0.15) is 51.3 Å². The van der Waals surface area contributed by atoms with Crippen LogP contribution in [0, 0.1) is 18.8 Å². The Kier molecular flexibility index (Phi) is 9.26. The summed E-state index contributed by atoms with van der Waals surface area (Å²) in [6.45, 7) is 13.5. The molecule has 9 aromatic rings. The predicted molar refractivity (Wildman–Crippen MR) is 244 cm³/mol. The maximum atomic E-state index is 6.64. The molecule has 4 heterocycles. The molecule has 61 heavy (non-hydrogen) atoms. The summed E-state index contributed by atoms with van der Waals surface area (Å²) in [6.07, 6.45) is 3.77. The fourth-order valence-electron chi connectivity index (χ4n) is 9.17. The molecule has 0 amide bonds. The first-order valence-corrected chi connectivity index (χ1v) is 20.5. The molecule has 0 saturated carbocycles. The fraction of sp³-hybridized carbons (Fsp3) is 0.130. The molecular formula is C54H42N5OPt-3. The SMILES string of the molecule is CC(C)(C)c1ccnc(-n2c3[c-]c(Oc4[c-]c(N5[CH-]N(c6c(-c7ccccn7)ccc7c6-c6ccccc6C7(C)C)c6ccccc65)ccc4)ccc3c3ccccc32)c1.[Pt]. The van der Waals surface area contributed by atoms with Crippen molar-refractivity contribution in [3.8, 4) is 39.7 Å². The standard InChI is InChI=1S/C54H42N5O.Pt/c1-53(2,3)35-28-30-56-50(31-35)59-46-21-9-7-17-39(46)40-25-24-38(33-49(40)59)60-37-16-14-15-36(32-37)57-34-58(48-23-11-10-22-47(48)57)52-42(45-20-12-13-29-55-45)26-27-44-51(52)41-18-6-8-19-43(41)54(44,4)5;/h6-31,34H,1-5H3;/q-3;. The van der Waals surface area contributed by atoms with Gasteiger partial charge >= 0.3 is 0 Å². The van der Waals surface area contributed by atoms with Crippen molar-refractivity contribution in [2.75, 3.05) is 9.80 Å².